The minimum atomic E-state index is -0.679. The molecule has 1 aliphatic carbocycles. The van der Waals surface area contributed by atoms with Gasteiger partial charge in [-0.15, -0.1) is 5.10 Å². The molecule has 0 saturated heterocycles. The molecule has 5 rings (SSSR count). The number of carbonyl (C=O) groups is 1. The molecule has 1 saturated carbocycles. The molecular weight excluding hydrogens is 521 g/mol. The Kier molecular flexibility index (Phi) is 6.83. The maximum Gasteiger partial charge on any atom is 0.348 e. The molecule has 37 heavy (non-hydrogen) atoms. The highest BCUT2D eigenvalue weighted by atomic mass is 35.5. The van der Waals surface area contributed by atoms with Gasteiger partial charge in [0.05, 0.1) is 26.9 Å². The molecule has 1 heterocycles. The lowest BCUT2D eigenvalue weighted by atomic mass is 10.1. The van der Waals surface area contributed by atoms with Crippen LogP contribution in [0.25, 0.3) is 17.1 Å². The summed E-state index contributed by atoms with van der Waals surface area (Å²) in [5.74, 6) is 4.08. The van der Waals surface area contributed by atoms with Crippen molar-refractivity contribution >= 4 is 29.1 Å². The van der Waals surface area contributed by atoms with Gasteiger partial charge in [-0.25, -0.2) is 13.6 Å². The molecule has 1 aromatic heterocycles. The van der Waals surface area contributed by atoms with Crippen LogP contribution in [0.3, 0.4) is 0 Å². The number of aromatic amines is 1. The minimum Gasteiger partial charge on any atom is -0.352 e. The second-order valence-electron chi connectivity index (χ2n) is 8.51. The molecule has 1 aliphatic rings. The van der Waals surface area contributed by atoms with Gasteiger partial charge in [0.2, 0.25) is 5.91 Å². The zero-order valence-electron chi connectivity index (χ0n) is 19.1. The van der Waals surface area contributed by atoms with Crippen molar-refractivity contribution in [2.24, 2.45) is 5.92 Å². The summed E-state index contributed by atoms with van der Waals surface area (Å²) in [6, 6.07) is 13.6. The Morgan fingerprint density at radius 1 is 1.08 bits per heavy atom. The zero-order valence-corrected chi connectivity index (χ0v) is 20.6. The SMILES string of the molecule is O=C(NCc1ccc(Cl)c(-n2nc(-c3ccc(C#Cc4cccc(Cl)c4F)cc3F)[nH]c2=O)c1)C1CC1. The van der Waals surface area contributed by atoms with Gasteiger partial charge in [0.15, 0.2) is 11.6 Å². The Labute approximate surface area is 220 Å². The maximum absolute atomic E-state index is 14.9. The molecule has 0 unspecified atom stereocenters. The Morgan fingerprint density at radius 3 is 2.65 bits per heavy atom. The molecule has 0 radical (unpaired) electrons. The number of rotatable bonds is 5. The predicted octanol–water partition coefficient (Wildman–Crippen LogP) is 5.24. The van der Waals surface area contributed by atoms with Crippen LogP contribution >= 0.6 is 23.2 Å². The smallest absolute Gasteiger partial charge is 0.348 e. The molecule has 6 nitrogen and oxygen atoms in total. The fourth-order valence-corrected chi connectivity index (χ4v) is 4.02. The maximum atomic E-state index is 14.9. The van der Waals surface area contributed by atoms with Gasteiger partial charge in [0, 0.05) is 18.0 Å². The van der Waals surface area contributed by atoms with E-state index >= 15 is 0 Å². The second-order valence-corrected chi connectivity index (χ2v) is 9.33. The van der Waals surface area contributed by atoms with Crippen molar-refractivity contribution in [3.63, 3.8) is 0 Å². The number of benzene rings is 3. The van der Waals surface area contributed by atoms with Crippen molar-refractivity contribution in [3.05, 3.63) is 103 Å². The average molecular weight is 539 g/mol. The van der Waals surface area contributed by atoms with Crippen LogP contribution in [0.2, 0.25) is 10.0 Å². The van der Waals surface area contributed by atoms with Gasteiger partial charge in [-0.3, -0.25) is 9.78 Å². The summed E-state index contributed by atoms with van der Waals surface area (Å²) >= 11 is 12.1. The largest absolute Gasteiger partial charge is 0.352 e. The normalized spacial score (nSPS) is 12.6. The van der Waals surface area contributed by atoms with Gasteiger partial charge >= 0.3 is 5.69 Å². The van der Waals surface area contributed by atoms with Crippen molar-refractivity contribution < 1.29 is 13.6 Å². The molecule has 2 N–H and O–H groups in total. The molecule has 0 bridgehead atoms. The molecule has 4 aromatic rings. The van der Waals surface area contributed by atoms with E-state index in [-0.39, 0.29) is 45.4 Å². The van der Waals surface area contributed by atoms with Crippen LogP contribution in [0, 0.1) is 29.4 Å². The summed E-state index contributed by atoms with van der Waals surface area (Å²) in [6.07, 6.45) is 1.79. The van der Waals surface area contributed by atoms with Crippen LogP contribution in [-0.4, -0.2) is 20.7 Å². The number of nitrogens with zero attached hydrogens (tertiary/aromatic N) is 2. The molecule has 0 aliphatic heterocycles. The Balaban J connectivity index is 1.40. The number of carbonyl (C=O) groups excluding carboxylic acids is 1. The van der Waals surface area contributed by atoms with E-state index < -0.39 is 17.3 Å². The number of amides is 1. The topological polar surface area (TPSA) is 79.8 Å². The number of aromatic nitrogens is 3. The molecule has 3 aromatic carbocycles. The van der Waals surface area contributed by atoms with E-state index in [1.165, 1.54) is 24.3 Å². The fourth-order valence-electron chi connectivity index (χ4n) is 3.64. The standard InChI is InChI=1S/C27H18Cl2F2N4O2/c28-20-11-6-16(14-32-26(36)18-8-9-18)13-23(20)35-27(37)33-25(34-35)19-10-5-15(12-22(19)30)4-7-17-2-1-3-21(29)24(17)31/h1-3,5-6,10-13,18H,8-9,14H2,(H,32,36)(H,33,34,37). The summed E-state index contributed by atoms with van der Waals surface area (Å²) in [5, 5.41) is 7.29. The number of H-pyrrole nitrogens is 1. The summed E-state index contributed by atoms with van der Waals surface area (Å²) in [6.45, 7) is 0.280. The number of halogens is 4. The molecule has 1 fully saturated rings. The van der Waals surface area contributed by atoms with Crippen molar-refractivity contribution in [2.75, 3.05) is 0 Å². The highest BCUT2D eigenvalue weighted by Gasteiger charge is 2.29. The molecular formula is C27H18Cl2F2N4O2. The van der Waals surface area contributed by atoms with Crippen LogP contribution in [0.4, 0.5) is 8.78 Å². The van der Waals surface area contributed by atoms with E-state index in [4.69, 9.17) is 23.2 Å². The van der Waals surface area contributed by atoms with Gasteiger partial charge in [-0.2, -0.15) is 4.68 Å². The van der Waals surface area contributed by atoms with E-state index in [0.717, 1.165) is 29.2 Å². The van der Waals surface area contributed by atoms with Gasteiger partial charge in [0.1, 0.15) is 5.82 Å². The van der Waals surface area contributed by atoms with E-state index in [0.29, 0.717) is 11.3 Å². The van der Waals surface area contributed by atoms with E-state index in [1.54, 1.807) is 24.3 Å². The van der Waals surface area contributed by atoms with Crippen LogP contribution < -0.4 is 11.0 Å². The Hall–Kier alpha value is -3.93. The highest BCUT2D eigenvalue weighted by molar-refractivity contribution is 6.32. The summed E-state index contributed by atoms with van der Waals surface area (Å²) in [5.41, 5.74) is 0.835. The lowest BCUT2D eigenvalue weighted by Gasteiger charge is -2.08. The summed E-state index contributed by atoms with van der Waals surface area (Å²) in [7, 11) is 0. The lowest BCUT2D eigenvalue weighted by molar-refractivity contribution is -0.122. The fraction of sp³-hybridized carbons (Fsp3) is 0.148. The number of hydrogen-bond donors (Lipinski definition) is 2. The minimum absolute atomic E-state index is 0.00274. The first-order valence-corrected chi connectivity index (χ1v) is 12.1. The second kappa shape index (κ2) is 10.2. The summed E-state index contributed by atoms with van der Waals surface area (Å²) in [4.78, 5) is 27.1. The van der Waals surface area contributed by atoms with E-state index in [9.17, 15) is 18.4 Å². The third-order valence-corrected chi connectivity index (χ3v) is 6.40. The number of nitrogens with one attached hydrogen (secondary N) is 2. The van der Waals surface area contributed by atoms with Crippen LogP contribution in [0.1, 0.15) is 29.5 Å². The first kappa shape index (κ1) is 24.8. The molecule has 186 valence electrons. The van der Waals surface area contributed by atoms with Crippen LogP contribution in [0.15, 0.2) is 59.4 Å². The molecule has 0 spiro atoms. The van der Waals surface area contributed by atoms with E-state index in [1.807, 2.05) is 0 Å². The van der Waals surface area contributed by atoms with Crippen molar-refractivity contribution in [1.29, 1.82) is 0 Å². The van der Waals surface area contributed by atoms with Crippen LogP contribution in [-0.2, 0) is 11.3 Å². The van der Waals surface area contributed by atoms with Gasteiger partial charge in [-0.1, -0.05) is 47.2 Å². The van der Waals surface area contributed by atoms with E-state index in [2.05, 4.69) is 27.2 Å². The third kappa shape index (κ3) is 5.43. The van der Waals surface area contributed by atoms with Gasteiger partial charge < -0.3 is 5.32 Å². The first-order valence-electron chi connectivity index (χ1n) is 11.3. The summed E-state index contributed by atoms with van der Waals surface area (Å²) < 4.78 is 30.0. The number of hydrogen-bond acceptors (Lipinski definition) is 3. The van der Waals surface area contributed by atoms with Crippen molar-refractivity contribution in [1.82, 2.24) is 20.1 Å². The van der Waals surface area contributed by atoms with Crippen LogP contribution in [0.5, 0.6) is 0 Å². The molecule has 0 atom stereocenters. The first-order chi connectivity index (χ1) is 17.8. The molecule has 10 heteroatoms. The molecule has 1 amide bonds. The Morgan fingerprint density at radius 2 is 1.89 bits per heavy atom. The Bertz CT molecular complexity index is 1650. The monoisotopic (exact) mass is 538 g/mol. The van der Waals surface area contributed by atoms with Gasteiger partial charge in [-0.05, 0) is 60.9 Å². The van der Waals surface area contributed by atoms with Crippen molar-refractivity contribution in [2.45, 2.75) is 19.4 Å². The lowest BCUT2D eigenvalue weighted by Crippen LogP contribution is -2.24. The predicted molar refractivity (Wildman–Crippen MR) is 137 cm³/mol. The average Bonchev–Trinajstić information content (AvgIpc) is 3.66. The van der Waals surface area contributed by atoms with Crippen molar-refractivity contribution in [3.8, 4) is 28.9 Å². The quantitative estimate of drug-likeness (QED) is 0.341. The zero-order chi connectivity index (χ0) is 26.1. The third-order valence-electron chi connectivity index (χ3n) is 5.79. The van der Waals surface area contributed by atoms with Gasteiger partial charge in [0.25, 0.3) is 0 Å². The highest BCUT2D eigenvalue weighted by Crippen LogP contribution is 2.29.